The number of nitrogens with zero attached hydrogens (tertiary/aromatic N) is 1. The number of alkyl halides is 3. The number of carbonyl (C=O) groups is 1. The molecule has 0 atom stereocenters. The number of methoxy groups -OCH3 is 1. The molecule has 0 saturated heterocycles. The zero-order valence-electron chi connectivity index (χ0n) is 9.75. The fourth-order valence-corrected chi connectivity index (χ4v) is 1.26. The van der Waals surface area contributed by atoms with Gasteiger partial charge in [0.2, 0.25) is 5.91 Å². The Balaban J connectivity index is 2.60. The van der Waals surface area contributed by atoms with Crippen LogP contribution in [0.1, 0.15) is 18.4 Å². The van der Waals surface area contributed by atoms with Crippen LogP contribution in [0.5, 0.6) is 0 Å². The van der Waals surface area contributed by atoms with Crippen LogP contribution in [-0.4, -0.2) is 24.6 Å². The molecular weight excluding hydrogens is 249 g/mol. The number of aromatic nitrogens is 1. The summed E-state index contributed by atoms with van der Waals surface area (Å²) in [6.07, 6.45) is -2.76. The second kappa shape index (κ2) is 6.34. The van der Waals surface area contributed by atoms with Gasteiger partial charge in [0.25, 0.3) is 0 Å². The average molecular weight is 262 g/mol. The van der Waals surface area contributed by atoms with Crippen molar-refractivity contribution in [3.63, 3.8) is 0 Å². The lowest BCUT2D eigenvalue weighted by molar-refractivity contribution is -0.137. The number of hydrogen-bond acceptors (Lipinski definition) is 3. The van der Waals surface area contributed by atoms with Crippen LogP contribution < -0.4 is 5.32 Å². The van der Waals surface area contributed by atoms with E-state index in [2.05, 4.69) is 10.3 Å². The van der Waals surface area contributed by atoms with Crippen LogP contribution in [0.4, 0.5) is 19.0 Å². The van der Waals surface area contributed by atoms with Gasteiger partial charge in [-0.25, -0.2) is 4.98 Å². The Bertz CT molecular complexity index is 408. The molecule has 0 aliphatic carbocycles. The van der Waals surface area contributed by atoms with Crippen LogP contribution in [0.15, 0.2) is 18.3 Å². The predicted molar refractivity (Wildman–Crippen MR) is 59.0 cm³/mol. The van der Waals surface area contributed by atoms with Gasteiger partial charge in [-0.1, -0.05) is 0 Å². The van der Waals surface area contributed by atoms with Crippen molar-refractivity contribution in [1.29, 1.82) is 0 Å². The van der Waals surface area contributed by atoms with Gasteiger partial charge >= 0.3 is 6.18 Å². The summed E-state index contributed by atoms with van der Waals surface area (Å²) in [4.78, 5) is 15.0. The highest BCUT2D eigenvalue weighted by atomic mass is 19.4. The quantitative estimate of drug-likeness (QED) is 0.829. The molecule has 0 spiro atoms. The van der Waals surface area contributed by atoms with Crippen LogP contribution in [0.25, 0.3) is 0 Å². The van der Waals surface area contributed by atoms with Gasteiger partial charge in [-0.15, -0.1) is 0 Å². The van der Waals surface area contributed by atoms with E-state index in [4.69, 9.17) is 4.74 Å². The summed E-state index contributed by atoms with van der Waals surface area (Å²) in [5, 5.41) is 2.31. The molecule has 0 fully saturated rings. The molecule has 1 aromatic rings. The van der Waals surface area contributed by atoms with E-state index in [0.29, 0.717) is 13.0 Å². The number of carbonyl (C=O) groups excluding carboxylic acids is 1. The van der Waals surface area contributed by atoms with Crippen molar-refractivity contribution in [2.75, 3.05) is 19.0 Å². The number of ether oxygens (including phenoxy) is 1. The number of nitrogens with one attached hydrogen (secondary N) is 1. The second-order valence-corrected chi connectivity index (χ2v) is 3.57. The smallest absolute Gasteiger partial charge is 0.385 e. The molecule has 1 heterocycles. The maximum atomic E-state index is 12.4. The molecule has 0 saturated carbocycles. The molecular formula is C11H13F3N2O2. The van der Waals surface area contributed by atoms with Gasteiger partial charge in [0, 0.05) is 26.3 Å². The molecule has 0 bridgehead atoms. The Hall–Kier alpha value is -1.63. The van der Waals surface area contributed by atoms with Gasteiger partial charge in [-0.05, 0) is 18.6 Å². The standard InChI is InChI=1S/C11H13F3N2O2/c1-18-6-2-3-10(17)16-9-7-8(4-5-15-9)11(12,13)14/h4-5,7H,2-3,6H2,1H3,(H,15,16,17). The van der Waals surface area contributed by atoms with E-state index in [-0.39, 0.29) is 18.1 Å². The van der Waals surface area contributed by atoms with Crippen LogP contribution in [0, 0.1) is 0 Å². The van der Waals surface area contributed by atoms with Crippen molar-refractivity contribution in [1.82, 2.24) is 4.98 Å². The molecule has 1 amide bonds. The van der Waals surface area contributed by atoms with E-state index in [1.54, 1.807) is 0 Å². The Morgan fingerprint density at radius 2 is 2.22 bits per heavy atom. The van der Waals surface area contributed by atoms with Crippen molar-refractivity contribution in [3.8, 4) is 0 Å². The summed E-state index contributed by atoms with van der Waals surface area (Å²) >= 11 is 0. The summed E-state index contributed by atoms with van der Waals surface area (Å²) in [5.74, 6) is -0.494. The van der Waals surface area contributed by atoms with E-state index in [1.807, 2.05) is 0 Å². The molecule has 0 aliphatic heterocycles. The highest BCUT2D eigenvalue weighted by molar-refractivity contribution is 5.89. The van der Waals surface area contributed by atoms with Crippen LogP contribution >= 0.6 is 0 Å². The third-order valence-corrected chi connectivity index (χ3v) is 2.11. The molecule has 0 unspecified atom stereocenters. The Morgan fingerprint density at radius 1 is 1.50 bits per heavy atom. The fraction of sp³-hybridized carbons (Fsp3) is 0.455. The minimum absolute atomic E-state index is 0.104. The fourth-order valence-electron chi connectivity index (χ4n) is 1.26. The van der Waals surface area contributed by atoms with Gasteiger partial charge in [-0.2, -0.15) is 13.2 Å². The molecule has 0 aliphatic rings. The number of pyridine rings is 1. The minimum Gasteiger partial charge on any atom is -0.385 e. The van der Waals surface area contributed by atoms with Crippen molar-refractivity contribution < 1.29 is 22.7 Å². The van der Waals surface area contributed by atoms with Gasteiger partial charge in [0.05, 0.1) is 5.56 Å². The van der Waals surface area contributed by atoms with Crippen molar-refractivity contribution >= 4 is 11.7 Å². The number of halogens is 3. The Labute approximate surface area is 102 Å². The van der Waals surface area contributed by atoms with Gasteiger partial charge in [0.15, 0.2) is 0 Å². The van der Waals surface area contributed by atoms with Crippen LogP contribution in [0.2, 0.25) is 0 Å². The normalized spacial score (nSPS) is 11.3. The number of anilines is 1. The SMILES string of the molecule is COCCCC(=O)Nc1cc(C(F)(F)F)ccn1. The largest absolute Gasteiger partial charge is 0.416 e. The third-order valence-electron chi connectivity index (χ3n) is 2.11. The van der Waals surface area contributed by atoms with E-state index < -0.39 is 11.7 Å². The topological polar surface area (TPSA) is 51.2 Å². The maximum absolute atomic E-state index is 12.4. The first kappa shape index (κ1) is 14.4. The van der Waals surface area contributed by atoms with Crippen LogP contribution in [-0.2, 0) is 15.7 Å². The lowest BCUT2D eigenvalue weighted by Crippen LogP contribution is -2.14. The Morgan fingerprint density at radius 3 is 2.83 bits per heavy atom. The molecule has 7 heteroatoms. The summed E-state index contributed by atoms with van der Waals surface area (Å²) in [5.41, 5.74) is -0.843. The second-order valence-electron chi connectivity index (χ2n) is 3.57. The van der Waals surface area contributed by atoms with E-state index in [0.717, 1.165) is 18.3 Å². The summed E-state index contributed by atoms with van der Waals surface area (Å²) < 4.78 is 42.0. The zero-order valence-corrected chi connectivity index (χ0v) is 9.75. The summed E-state index contributed by atoms with van der Waals surface area (Å²) in [6.45, 7) is 0.420. The average Bonchev–Trinajstić information content (AvgIpc) is 2.28. The summed E-state index contributed by atoms with van der Waals surface area (Å²) in [6, 6.07) is 1.65. The lowest BCUT2D eigenvalue weighted by atomic mass is 10.2. The van der Waals surface area contributed by atoms with Gasteiger partial charge < -0.3 is 10.1 Å². The molecule has 100 valence electrons. The predicted octanol–water partition coefficient (Wildman–Crippen LogP) is 2.47. The zero-order chi connectivity index (χ0) is 13.6. The van der Waals surface area contributed by atoms with Crippen molar-refractivity contribution in [2.45, 2.75) is 19.0 Å². The first-order valence-corrected chi connectivity index (χ1v) is 5.25. The monoisotopic (exact) mass is 262 g/mol. The minimum atomic E-state index is -4.45. The summed E-state index contributed by atoms with van der Waals surface area (Å²) in [7, 11) is 1.51. The van der Waals surface area contributed by atoms with Crippen molar-refractivity contribution in [2.24, 2.45) is 0 Å². The molecule has 0 aromatic carbocycles. The van der Waals surface area contributed by atoms with E-state index in [1.165, 1.54) is 7.11 Å². The maximum Gasteiger partial charge on any atom is 0.416 e. The highest BCUT2D eigenvalue weighted by Gasteiger charge is 2.30. The molecule has 4 nitrogen and oxygen atoms in total. The lowest BCUT2D eigenvalue weighted by Gasteiger charge is -2.08. The highest BCUT2D eigenvalue weighted by Crippen LogP contribution is 2.29. The molecule has 18 heavy (non-hydrogen) atoms. The molecule has 1 rings (SSSR count). The third kappa shape index (κ3) is 4.70. The number of hydrogen-bond donors (Lipinski definition) is 1. The Kier molecular flexibility index (Phi) is 5.08. The van der Waals surface area contributed by atoms with E-state index in [9.17, 15) is 18.0 Å². The first-order valence-electron chi connectivity index (χ1n) is 5.25. The van der Waals surface area contributed by atoms with Gasteiger partial charge in [0.1, 0.15) is 5.82 Å². The van der Waals surface area contributed by atoms with Gasteiger partial charge in [-0.3, -0.25) is 4.79 Å². The molecule has 0 radical (unpaired) electrons. The molecule has 1 aromatic heterocycles. The van der Waals surface area contributed by atoms with E-state index >= 15 is 0 Å². The first-order chi connectivity index (χ1) is 8.43. The van der Waals surface area contributed by atoms with Crippen LogP contribution in [0.3, 0.4) is 0 Å². The number of rotatable bonds is 5. The molecule has 1 N–H and O–H groups in total. The number of amides is 1. The van der Waals surface area contributed by atoms with Crippen molar-refractivity contribution in [3.05, 3.63) is 23.9 Å².